The van der Waals surface area contributed by atoms with Crippen molar-refractivity contribution < 1.29 is 14.3 Å². The Kier molecular flexibility index (Phi) is 6.02. The largest absolute Gasteiger partial charge is 0.456 e. The number of carbonyl (C=O) groups excluding carboxylic acids is 2. The number of ether oxygens (including phenoxy) is 1. The van der Waals surface area contributed by atoms with Gasteiger partial charge >= 0.3 is 5.97 Å². The molecular formula is C24H27N3O3. The number of carbonyl (C=O) groups is 2. The van der Waals surface area contributed by atoms with E-state index in [2.05, 4.69) is 16.3 Å². The highest BCUT2D eigenvalue weighted by Gasteiger charge is 2.14. The maximum atomic E-state index is 12.2. The van der Waals surface area contributed by atoms with Crippen molar-refractivity contribution in [2.45, 2.75) is 32.7 Å². The predicted molar refractivity (Wildman–Crippen MR) is 119 cm³/mol. The zero-order valence-electron chi connectivity index (χ0n) is 17.3. The topological polar surface area (TPSA) is 63.6 Å². The molecule has 0 aliphatic carbocycles. The van der Waals surface area contributed by atoms with E-state index < -0.39 is 0 Å². The zero-order valence-corrected chi connectivity index (χ0v) is 17.3. The smallest absolute Gasteiger partial charge is 0.308 e. The number of nitrogens with one attached hydrogen (secondary N) is 1. The number of hydrogen-bond acceptors (Lipinski definition) is 4. The third kappa shape index (κ3) is 4.64. The van der Waals surface area contributed by atoms with Gasteiger partial charge in [-0.05, 0) is 61.0 Å². The molecular weight excluding hydrogens is 378 g/mol. The molecule has 4 rings (SSSR count). The Bertz CT molecular complexity index is 1050. The summed E-state index contributed by atoms with van der Waals surface area (Å²) in [5.41, 5.74) is 4.01. The fourth-order valence-corrected chi connectivity index (χ4v) is 3.91. The summed E-state index contributed by atoms with van der Waals surface area (Å²) in [6, 6.07) is 16.1. The lowest BCUT2D eigenvalue weighted by molar-refractivity contribution is -0.147. The molecule has 1 aliphatic heterocycles. The van der Waals surface area contributed by atoms with E-state index in [-0.39, 0.29) is 24.9 Å². The number of amides is 1. The molecule has 2 aromatic carbocycles. The van der Waals surface area contributed by atoms with Gasteiger partial charge < -0.3 is 19.5 Å². The average Bonchev–Trinajstić information content (AvgIpc) is 3.42. The lowest BCUT2D eigenvalue weighted by atomic mass is 10.1. The molecule has 0 radical (unpaired) electrons. The lowest BCUT2D eigenvalue weighted by Crippen LogP contribution is -2.22. The van der Waals surface area contributed by atoms with E-state index in [1.807, 2.05) is 60.2 Å². The van der Waals surface area contributed by atoms with Crippen LogP contribution in [-0.2, 0) is 20.9 Å². The highest BCUT2D eigenvalue weighted by Crippen LogP contribution is 2.25. The van der Waals surface area contributed by atoms with Crippen molar-refractivity contribution in [1.82, 2.24) is 4.57 Å². The molecule has 6 heteroatoms. The van der Waals surface area contributed by atoms with Gasteiger partial charge in [-0.1, -0.05) is 18.2 Å². The van der Waals surface area contributed by atoms with Crippen LogP contribution in [0.15, 0.2) is 54.7 Å². The van der Waals surface area contributed by atoms with Crippen molar-refractivity contribution >= 4 is 34.2 Å². The first-order chi connectivity index (χ1) is 14.6. The molecule has 0 atom stereocenters. The fraction of sp³-hybridized carbons (Fsp3) is 0.333. The summed E-state index contributed by atoms with van der Waals surface area (Å²) in [7, 11) is 0. The van der Waals surface area contributed by atoms with Crippen molar-refractivity contribution in [2.75, 3.05) is 29.9 Å². The van der Waals surface area contributed by atoms with E-state index in [9.17, 15) is 9.59 Å². The molecule has 1 amide bonds. The third-order valence-corrected chi connectivity index (χ3v) is 5.56. The molecule has 0 spiro atoms. The Hall–Kier alpha value is -3.28. The first kappa shape index (κ1) is 20.0. The normalized spacial score (nSPS) is 13.6. The summed E-state index contributed by atoms with van der Waals surface area (Å²) < 4.78 is 7.17. The van der Waals surface area contributed by atoms with Crippen molar-refractivity contribution in [3.05, 3.63) is 60.3 Å². The SMILES string of the molecule is Cc1cc(N2CCCC2)ccc1NC(=O)COC(=O)CCn1ccc2ccccc21. The first-order valence-electron chi connectivity index (χ1n) is 10.4. The van der Waals surface area contributed by atoms with Gasteiger partial charge in [0.2, 0.25) is 0 Å². The monoisotopic (exact) mass is 405 g/mol. The van der Waals surface area contributed by atoms with Crippen molar-refractivity contribution in [3.63, 3.8) is 0 Å². The van der Waals surface area contributed by atoms with Gasteiger partial charge in [0.15, 0.2) is 6.61 Å². The van der Waals surface area contributed by atoms with Gasteiger partial charge in [0.05, 0.1) is 6.42 Å². The minimum atomic E-state index is -0.385. The van der Waals surface area contributed by atoms with E-state index in [1.54, 1.807) is 0 Å². The zero-order chi connectivity index (χ0) is 20.9. The molecule has 30 heavy (non-hydrogen) atoms. The summed E-state index contributed by atoms with van der Waals surface area (Å²) in [6.07, 6.45) is 4.63. The van der Waals surface area contributed by atoms with E-state index in [0.29, 0.717) is 6.54 Å². The van der Waals surface area contributed by atoms with Gasteiger partial charge in [0.25, 0.3) is 5.91 Å². The standard InChI is InChI=1S/C24H27N3O3/c1-18-16-20(26-12-4-5-13-26)8-9-21(18)25-23(28)17-30-24(29)11-15-27-14-10-19-6-2-3-7-22(19)27/h2-3,6-10,14,16H,4-5,11-13,15,17H2,1H3,(H,25,28). The Morgan fingerprint density at radius 1 is 1.07 bits per heavy atom. The van der Waals surface area contributed by atoms with Gasteiger partial charge in [-0.15, -0.1) is 0 Å². The van der Waals surface area contributed by atoms with Crippen LogP contribution in [0.3, 0.4) is 0 Å². The van der Waals surface area contributed by atoms with Crippen LogP contribution in [0.1, 0.15) is 24.8 Å². The molecule has 156 valence electrons. The van der Waals surface area contributed by atoms with Gasteiger partial charge in [0.1, 0.15) is 0 Å². The molecule has 2 heterocycles. The number of fused-ring (bicyclic) bond motifs is 1. The number of para-hydroxylation sites is 1. The quantitative estimate of drug-likeness (QED) is 0.601. The van der Waals surface area contributed by atoms with Crippen LogP contribution in [0, 0.1) is 6.92 Å². The molecule has 0 bridgehead atoms. The van der Waals surface area contributed by atoms with E-state index in [1.165, 1.54) is 18.5 Å². The Morgan fingerprint density at radius 3 is 2.67 bits per heavy atom. The first-order valence-corrected chi connectivity index (χ1v) is 10.4. The molecule has 1 N–H and O–H groups in total. The molecule has 1 aromatic heterocycles. The van der Waals surface area contributed by atoms with Crippen LogP contribution in [0.25, 0.3) is 10.9 Å². The minimum Gasteiger partial charge on any atom is -0.456 e. The molecule has 0 unspecified atom stereocenters. The molecule has 1 fully saturated rings. The maximum Gasteiger partial charge on any atom is 0.308 e. The second kappa shape index (κ2) is 9.03. The van der Waals surface area contributed by atoms with Crippen LogP contribution >= 0.6 is 0 Å². The Morgan fingerprint density at radius 2 is 1.87 bits per heavy atom. The number of benzene rings is 2. The van der Waals surface area contributed by atoms with Crippen LogP contribution in [0.4, 0.5) is 11.4 Å². The number of aromatic nitrogens is 1. The summed E-state index contributed by atoms with van der Waals surface area (Å²) in [5.74, 6) is -0.712. The van der Waals surface area contributed by atoms with Crippen LogP contribution < -0.4 is 10.2 Å². The molecule has 3 aromatic rings. The van der Waals surface area contributed by atoms with Crippen molar-refractivity contribution in [3.8, 4) is 0 Å². The lowest BCUT2D eigenvalue weighted by Gasteiger charge is -2.19. The predicted octanol–water partition coefficient (Wildman–Crippen LogP) is 4.12. The summed E-state index contributed by atoms with van der Waals surface area (Å²) >= 11 is 0. The minimum absolute atomic E-state index is 0.218. The van der Waals surface area contributed by atoms with Gasteiger partial charge in [-0.25, -0.2) is 0 Å². The number of anilines is 2. The molecule has 1 saturated heterocycles. The number of aryl methyl sites for hydroxylation is 2. The number of hydrogen-bond donors (Lipinski definition) is 1. The second-order valence-electron chi connectivity index (χ2n) is 7.72. The number of nitrogens with zero attached hydrogens (tertiary/aromatic N) is 2. The third-order valence-electron chi connectivity index (χ3n) is 5.56. The van der Waals surface area contributed by atoms with E-state index in [4.69, 9.17) is 4.74 Å². The second-order valence-corrected chi connectivity index (χ2v) is 7.72. The van der Waals surface area contributed by atoms with Crippen molar-refractivity contribution in [1.29, 1.82) is 0 Å². The summed E-state index contributed by atoms with van der Waals surface area (Å²) in [4.78, 5) is 26.6. The van der Waals surface area contributed by atoms with Crippen LogP contribution in [0.2, 0.25) is 0 Å². The number of esters is 1. The highest BCUT2D eigenvalue weighted by atomic mass is 16.5. The van der Waals surface area contributed by atoms with Crippen LogP contribution in [-0.4, -0.2) is 36.1 Å². The Labute approximate surface area is 176 Å². The van der Waals surface area contributed by atoms with Crippen LogP contribution in [0.5, 0.6) is 0 Å². The fourth-order valence-electron chi connectivity index (χ4n) is 3.91. The summed E-state index contributed by atoms with van der Waals surface area (Å²) in [6.45, 7) is 4.38. The van der Waals surface area contributed by atoms with Gasteiger partial charge in [-0.2, -0.15) is 0 Å². The summed E-state index contributed by atoms with van der Waals surface area (Å²) in [5, 5.41) is 3.97. The van der Waals surface area contributed by atoms with Gasteiger partial charge in [-0.3, -0.25) is 9.59 Å². The average molecular weight is 405 g/mol. The van der Waals surface area contributed by atoms with E-state index in [0.717, 1.165) is 35.2 Å². The highest BCUT2D eigenvalue weighted by molar-refractivity contribution is 5.93. The molecule has 6 nitrogen and oxygen atoms in total. The Balaban J connectivity index is 1.24. The van der Waals surface area contributed by atoms with E-state index >= 15 is 0 Å². The molecule has 0 saturated carbocycles. The number of rotatable bonds is 7. The van der Waals surface area contributed by atoms with Crippen molar-refractivity contribution in [2.24, 2.45) is 0 Å². The molecule has 1 aliphatic rings. The maximum absolute atomic E-state index is 12.2. The van der Waals surface area contributed by atoms with Gasteiger partial charge in [0, 0.05) is 42.7 Å².